The van der Waals surface area contributed by atoms with E-state index < -0.39 is 0 Å². The average Bonchev–Trinajstić information content (AvgIpc) is 3.07. The number of rotatable bonds is 7. The van der Waals surface area contributed by atoms with Gasteiger partial charge in [0.1, 0.15) is 0 Å². The monoisotopic (exact) mass is 413 g/mol. The van der Waals surface area contributed by atoms with Crippen molar-refractivity contribution in [2.45, 2.75) is 25.2 Å². The SMILES string of the molecule is CSc1cccc2sc(N(CCN(C)C)C(=O)Cc3ccc(C)cc3C)nc12. The molecule has 0 N–H and O–H groups in total. The highest BCUT2D eigenvalue weighted by Gasteiger charge is 2.21. The standard InChI is InChI=1S/C22H27N3OS2/c1-15-9-10-17(16(2)13-15)14-20(26)25(12-11-24(3)4)22-23-21-18(27-5)7-6-8-19(21)28-22/h6-10,13H,11-12,14H2,1-5H3. The van der Waals surface area contributed by atoms with Gasteiger partial charge in [0, 0.05) is 18.0 Å². The van der Waals surface area contributed by atoms with Gasteiger partial charge in [-0.15, -0.1) is 11.8 Å². The van der Waals surface area contributed by atoms with Gasteiger partial charge in [-0.25, -0.2) is 4.98 Å². The van der Waals surface area contributed by atoms with Gasteiger partial charge < -0.3 is 4.90 Å². The summed E-state index contributed by atoms with van der Waals surface area (Å²) in [5, 5.41) is 0.785. The van der Waals surface area contributed by atoms with E-state index in [4.69, 9.17) is 4.98 Å². The minimum Gasteiger partial charge on any atom is -0.308 e. The van der Waals surface area contributed by atoms with Crippen molar-refractivity contribution in [2.75, 3.05) is 38.3 Å². The Hall–Kier alpha value is -1.89. The molecule has 1 amide bonds. The van der Waals surface area contributed by atoms with Gasteiger partial charge in [-0.2, -0.15) is 0 Å². The summed E-state index contributed by atoms with van der Waals surface area (Å²) in [6, 6.07) is 12.5. The smallest absolute Gasteiger partial charge is 0.233 e. The summed E-state index contributed by atoms with van der Waals surface area (Å²) in [5.74, 6) is 0.0959. The lowest BCUT2D eigenvalue weighted by molar-refractivity contribution is -0.118. The molecule has 0 saturated heterocycles. The number of aromatic nitrogens is 1. The van der Waals surface area contributed by atoms with Crippen LogP contribution in [0.15, 0.2) is 41.3 Å². The molecule has 6 heteroatoms. The number of hydrogen-bond acceptors (Lipinski definition) is 5. The fraction of sp³-hybridized carbons (Fsp3) is 0.364. The normalized spacial score (nSPS) is 11.4. The van der Waals surface area contributed by atoms with Crippen LogP contribution in [0.5, 0.6) is 0 Å². The topological polar surface area (TPSA) is 36.4 Å². The number of nitrogens with zero attached hydrogens (tertiary/aromatic N) is 3. The highest BCUT2D eigenvalue weighted by molar-refractivity contribution is 7.98. The summed E-state index contributed by atoms with van der Waals surface area (Å²) in [6.07, 6.45) is 2.45. The quantitative estimate of drug-likeness (QED) is 0.523. The number of likely N-dealkylation sites (N-methyl/N-ethyl adjacent to an activating group) is 1. The largest absolute Gasteiger partial charge is 0.308 e. The van der Waals surface area contributed by atoms with Crippen molar-refractivity contribution in [3.8, 4) is 0 Å². The summed E-state index contributed by atoms with van der Waals surface area (Å²) in [6.45, 7) is 5.57. The maximum atomic E-state index is 13.3. The van der Waals surface area contributed by atoms with Crippen LogP contribution in [0.2, 0.25) is 0 Å². The van der Waals surface area contributed by atoms with Crippen LogP contribution < -0.4 is 4.90 Å². The number of para-hydroxylation sites is 1. The molecule has 1 aromatic heterocycles. The summed E-state index contributed by atoms with van der Waals surface area (Å²) >= 11 is 3.28. The van der Waals surface area contributed by atoms with Crippen molar-refractivity contribution in [1.29, 1.82) is 0 Å². The van der Waals surface area contributed by atoms with Gasteiger partial charge in [-0.05, 0) is 57.5 Å². The van der Waals surface area contributed by atoms with Crippen molar-refractivity contribution >= 4 is 44.4 Å². The number of anilines is 1. The zero-order valence-corrected chi connectivity index (χ0v) is 18.8. The molecule has 0 aliphatic heterocycles. The third-order valence-corrected chi connectivity index (χ3v) is 6.55. The van der Waals surface area contributed by atoms with Gasteiger partial charge in [0.05, 0.1) is 16.6 Å². The molecule has 0 bridgehead atoms. The number of benzene rings is 2. The van der Waals surface area contributed by atoms with Crippen LogP contribution in [0.4, 0.5) is 5.13 Å². The zero-order valence-electron chi connectivity index (χ0n) is 17.2. The van der Waals surface area contributed by atoms with Gasteiger partial charge in [0.25, 0.3) is 0 Å². The Kier molecular flexibility index (Phi) is 6.75. The molecule has 0 saturated carbocycles. The van der Waals surface area contributed by atoms with E-state index in [0.29, 0.717) is 13.0 Å². The maximum Gasteiger partial charge on any atom is 0.233 e. The molecule has 4 nitrogen and oxygen atoms in total. The summed E-state index contributed by atoms with van der Waals surface area (Å²) in [4.78, 5) is 23.2. The van der Waals surface area contributed by atoms with Gasteiger partial charge in [0.2, 0.25) is 5.91 Å². The highest BCUT2D eigenvalue weighted by atomic mass is 32.2. The third kappa shape index (κ3) is 4.74. The maximum absolute atomic E-state index is 13.3. The average molecular weight is 414 g/mol. The Bertz CT molecular complexity index is 981. The molecule has 0 aliphatic carbocycles. The first-order chi connectivity index (χ1) is 13.4. The first-order valence-electron chi connectivity index (χ1n) is 9.34. The fourth-order valence-corrected chi connectivity index (χ4v) is 4.79. The predicted molar refractivity (Wildman–Crippen MR) is 122 cm³/mol. The van der Waals surface area contributed by atoms with E-state index in [1.165, 1.54) is 5.56 Å². The molecule has 0 fully saturated rings. The molecule has 3 aromatic rings. The lowest BCUT2D eigenvalue weighted by Crippen LogP contribution is -2.37. The number of aryl methyl sites for hydroxylation is 2. The molecule has 0 atom stereocenters. The second-order valence-electron chi connectivity index (χ2n) is 7.26. The molecule has 3 rings (SSSR count). The first kappa shape index (κ1) is 20.8. The number of hydrogen-bond donors (Lipinski definition) is 0. The third-order valence-electron chi connectivity index (χ3n) is 4.73. The Labute approximate surface area is 175 Å². The molecule has 0 unspecified atom stereocenters. The van der Waals surface area contributed by atoms with E-state index in [2.05, 4.69) is 61.4 Å². The first-order valence-corrected chi connectivity index (χ1v) is 11.4. The lowest BCUT2D eigenvalue weighted by atomic mass is 10.0. The molecule has 0 aliphatic rings. The lowest BCUT2D eigenvalue weighted by Gasteiger charge is -2.22. The number of amides is 1. The van der Waals surface area contributed by atoms with Gasteiger partial charge in [0.15, 0.2) is 5.13 Å². The van der Waals surface area contributed by atoms with E-state index in [9.17, 15) is 4.79 Å². The molecule has 1 heterocycles. The van der Waals surface area contributed by atoms with Crippen LogP contribution in [0, 0.1) is 13.8 Å². The summed E-state index contributed by atoms with van der Waals surface area (Å²) in [7, 11) is 4.05. The molecular weight excluding hydrogens is 386 g/mol. The van der Waals surface area contributed by atoms with Crippen molar-refractivity contribution in [2.24, 2.45) is 0 Å². The van der Waals surface area contributed by atoms with Gasteiger partial charge >= 0.3 is 0 Å². The minimum absolute atomic E-state index is 0.0959. The Morgan fingerprint density at radius 3 is 2.61 bits per heavy atom. The van der Waals surface area contributed by atoms with Crippen molar-refractivity contribution in [1.82, 2.24) is 9.88 Å². The predicted octanol–water partition coefficient (Wildman–Crippen LogP) is 4.77. The van der Waals surface area contributed by atoms with Gasteiger partial charge in [-0.3, -0.25) is 9.69 Å². The van der Waals surface area contributed by atoms with Crippen molar-refractivity contribution in [3.63, 3.8) is 0 Å². The number of carbonyl (C=O) groups excluding carboxylic acids is 1. The van der Waals surface area contributed by atoms with Crippen molar-refractivity contribution < 1.29 is 4.79 Å². The van der Waals surface area contributed by atoms with Crippen molar-refractivity contribution in [3.05, 3.63) is 53.1 Å². The molecule has 28 heavy (non-hydrogen) atoms. The molecule has 2 aromatic carbocycles. The molecule has 148 valence electrons. The number of carbonyl (C=O) groups is 1. The minimum atomic E-state index is 0.0959. The Morgan fingerprint density at radius 2 is 1.93 bits per heavy atom. The van der Waals surface area contributed by atoms with E-state index in [1.807, 2.05) is 19.0 Å². The molecular formula is C22H27N3OS2. The highest BCUT2D eigenvalue weighted by Crippen LogP contribution is 2.34. The zero-order chi connectivity index (χ0) is 20.3. The van der Waals surface area contributed by atoms with Crippen LogP contribution in [0.1, 0.15) is 16.7 Å². The van der Waals surface area contributed by atoms with E-state index in [1.54, 1.807) is 23.1 Å². The molecule has 0 spiro atoms. The molecule has 0 radical (unpaired) electrons. The van der Waals surface area contributed by atoms with Crippen LogP contribution in [-0.2, 0) is 11.2 Å². The van der Waals surface area contributed by atoms with E-state index in [-0.39, 0.29) is 5.91 Å². The Balaban J connectivity index is 1.93. The van der Waals surface area contributed by atoms with Crippen LogP contribution in [-0.4, -0.2) is 49.2 Å². The van der Waals surface area contributed by atoms with Crippen LogP contribution >= 0.6 is 23.1 Å². The summed E-state index contributed by atoms with van der Waals surface area (Å²) in [5.41, 5.74) is 4.45. The van der Waals surface area contributed by atoms with Gasteiger partial charge in [-0.1, -0.05) is 41.2 Å². The van der Waals surface area contributed by atoms with Crippen LogP contribution in [0.25, 0.3) is 10.2 Å². The summed E-state index contributed by atoms with van der Waals surface area (Å²) < 4.78 is 1.12. The van der Waals surface area contributed by atoms with E-state index >= 15 is 0 Å². The number of thiazole rings is 1. The van der Waals surface area contributed by atoms with E-state index in [0.717, 1.165) is 37.9 Å². The second kappa shape index (κ2) is 9.07. The number of thioether (sulfide) groups is 1. The Morgan fingerprint density at radius 1 is 1.14 bits per heavy atom. The van der Waals surface area contributed by atoms with Crippen LogP contribution in [0.3, 0.4) is 0 Å². The fourth-order valence-electron chi connectivity index (χ4n) is 3.12. The second-order valence-corrected chi connectivity index (χ2v) is 9.12. The number of fused-ring (bicyclic) bond motifs is 1.